The van der Waals surface area contributed by atoms with E-state index in [0.29, 0.717) is 21.9 Å². The summed E-state index contributed by atoms with van der Waals surface area (Å²) in [5, 5.41) is 20.9. The molecule has 2 aromatic rings. The van der Waals surface area contributed by atoms with Gasteiger partial charge in [0.1, 0.15) is 18.1 Å². The largest absolute Gasteiger partial charge is 0.508 e. The summed E-state index contributed by atoms with van der Waals surface area (Å²) in [6, 6.07) is 9.18. The van der Waals surface area contributed by atoms with Gasteiger partial charge in [0.2, 0.25) is 0 Å². The molecule has 2 aromatic carbocycles. The summed E-state index contributed by atoms with van der Waals surface area (Å²) in [7, 11) is 0. The number of phenols is 1. The highest BCUT2D eigenvalue weighted by atomic mass is 35.5. The average Bonchev–Trinajstić information content (AvgIpc) is 2.40. The molecule has 0 bridgehead atoms. The molecule has 0 radical (unpaired) electrons. The van der Waals surface area contributed by atoms with Gasteiger partial charge in [0, 0.05) is 16.7 Å². The SMILES string of the molecule is Cc1c(O)cccc1OCc1cc(Cl)ccc1[N+](=O)[O-]. The Morgan fingerprint density at radius 3 is 2.80 bits per heavy atom. The normalized spacial score (nSPS) is 10.3. The summed E-state index contributed by atoms with van der Waals surface area (Å²) in [5.74, 6) is 0.586. The molecule has 2 rings (SSSR count). The maximum Gasteiger partial charge on any atom is 0.276 e. The van der Waals surface area contributed by atoms with Crippen LogP contribution in [-0.2, 0) is 6.61 Å². The van der Waals surface area contributed by atoms with Crippen molar-refractivity contribution in [3.05, 3.63) is 62.7 Å². The number of ether oxygens (including phenoxy) is 1. The molecule has 0 saturated carbocycles. The van der Waals surface area contributed by atoms with E-state index in [1.807, 2.05) is 0 Å². The van der Waals surface area contributed by atoms with E-state index in [-0.39, 0.29) is 18.0 Å². The van der Waals surface area contributed by atoms with Crippen LogP contribution in [-0.4, -0.2) is 10.0 Å². The second kappa shape index (κ2) is 5.79. The minimum Gasteiger partial charge on any atom is -0.508 e. The van der Waals surface area contributed by atoms with E-state index in [0.717, 1.165) is 0 Å². The molecule has 0 aliphatic heterocycles. The maximum atomic E-state index is 10.9. The molecule has 0 atom stereocenters. The van der Waals surface area contributed by atoms with Crippen molar-refractivity contribution in [2.75, 3.05) is 0 Å². The maximum absolute atomic E-state index is 10.9. The fraction of sp³-hybridized carbons (Fsp3) is 0.143. The number of phenolic OH excluding ortho intramolecular Hbond substituents is 1. The first-order valence-corrected chi connectivity index (χ1v) is 6.21. The van der Waals surface area contributed by atoms with Crippen molar-refractivity contribution in [1.82, 2.24) is 0 Å². The molecule has 0 fully saturated rings. The van der Waals surface area contributed by atoms with Crippen molar-refractivity contribution >= 4 is 17.3 Å². The van der Waals surface area contributed by atoms with Crippen LogP contribution in [0.5, 0.6) is 11.5 Å². The van der Waals surface area contributed by atoms with E-state index >= 15 is 0 Å². The molecule has 1 N–H and O–H groups in total. The van der Waals surface area contributed by atoms with Gasteiger partial charge in [-0.1, -0.05) is 17.7 Å². The van der Waals surface area contributed by atoms with Crippen molar-refractivity contribution in [2.24, 2.45) is 0 Å². The van der Waals surface area contributed by atoms with Gasteiger partial charge in [0.15, 0.2) is 0 Å². The number of aromatic hydroxyl groups is 1. The molecule has 0 saturated heterocycles. The van der Waals surface area contributed by atoms with E-state index in [9.17, 15) is 15.2 Å². The summed E-state index contributed by atoms with van der Waals surface area (Å²) < 4.78 is 5.53. The number of hydrogen-bond acceptors (Lipinski definition) is 4. The van der Waals surface area contributed by atoms with Crippen LogP contribution in [0.1, 0.15) is 11.1 Å². The molecule has 6 heteroatoms. The van der Waals surface area contributed by atoms with E-state index in [1.54, 1.807) is 25.1 Å². The summed E-state index contributed by atoms with van der Waals surface area (Å²) in [4.78, 5) is 10.5. The monoisotopic (exact) mass is 293 g/mol. The third-order valence-electron chi connectivity index (χ3n) is 2.88. The summed E-state index contributed by atoms with van der Waals surface area (Å²) >= 11 is 5.84. The van der Waals surface area contributed by atoms with Crippen LogP contribution >= 0.6 is 11.6 Å². The lowest BCUT2D eigenvalue weighted by atomic mass is 10.2. The van der Waals surface area contributed by atoms with Crippen LogP contribution < -0.4 is 4.74 Å². The molecule has 5 nitrogen and oxygen atoms in total. The second-order valence-electron chi connectivity index (χ2n) is 4.22. The fourth-order valence-corrected chi connectivity index (χ4v) is 1.96. The van der Waals surface area contributed by atoms with Crippen LogP contribution in [0.2, 0.25) is 5.02 Å². The number of hydrogen-bond donors (Lipinski definition) is 1. The predicted octanol–water partition coefficient (Wildman–Crippen LogP) is 3.84. The lowest BCUT2D eigenvalue weighted by Gasteiger charge is -2.10. The molecule has 0 aromatic heterocycles. The van der Waals surface area contributed by atoms with Crippen molar-refractivity contribution < 1.29 is 14.8 Å². The summed E-state index contributed by atoms with van der Waals surface area (Å²) in [6.45, 7) is 1.71. The summed E-state index contributed by atoms with van der Waals surface area (Å²) in [6.07, 6.45) is 0. The van der Waals surface area contributed by atoms with Crippen LogP contribution in [0.4, 0.5) is 5.69 Å². The summed E-state index contributed by atoms with van der Waals surface area (Å²) in [5.41, 5.74) is 0.912. The minimum absolute atomic E-state index is 0.00116. The van der Waals surface area contributed by atoms with Crippen molar-refractivity contribution in [2.45, 2.75) is 13.5 Å². The Balaban J connectivity index is 2.24. The highest BCUT2D eigenvalue weighted by Gasteiger charge is 2.15. The highest BCUT2D eigenvalue weighted by molar-refractivity contribution is 6.30. The van der Waals surface area contributed by atoms with Crippen molar-refractivity contribution in [3.63, 3.8) is 0 Å². The van der Waals surface area contributed by atoms with E-state index in [2.05, 4.69) is 0 Å². The first kappa shape index (κ1) is 14.1. The Hall–Kier alpha value is -2.27. The quantitative estimate of drug-likeness (QED) is 0.686. The number of rotatable bonds is 4. The number of nitro benzene ring substituents is 1. The Morgan fingerprint density at radius 1 is 1.35 bits per heavy atom. The molecule has 0 unspecified atom stereocenters. The molecule has 0 spiro atoms. The molecular formula is C14H12ClNO4. The van der Waals surface area contributed by atoms with Crippen molar-refractivity contribution in [1.29, 1.82) is 0 Å². The Labute approximate surface area is 120 Å². The van der Waals surface area contributed by atoms with E-state index < -0.39 is 4.92 Å². The van der Waals surface area contributed by atoms with Gasteiger partial charge in [-0.15, -0.1) is 0 Å². The number of nitro groups is 1. The van der Waals surface area contributed by atoms with Crippen LogP contribution in [0.3, 0.4) is 0 Å². The lowest BCUT2D eigenvalue weighted by molar-refractivity contribution is -0.385. The van der Waals surface area contributed by atoms with Crippen molar-refractivity contribution in [3.8, 4) is 11.5 Å². The van der Waals surface area contributed by atoms with E-state index in [1.165, 1.54) is 18.2 Å². The lowest BCUT2D eigenvalue weighted by Crippen LogP contribution is -2.01. The van der Waals surface area contributed by atoms with Crippen LogP contribution in [0.15, 0.2) is 36.4 Å². The molecule has 20 heavy (non-hydrogen) atoms. The molecule has 0 aliphatic rings. The highest BCUT2D eigenvalue weighted by Crippen LogP contribution is 2.28. The number of benzene rings is 2. The topological polar surface area (TPSA) is 72.6 Å². The third kappa shape index (κ3) is 3.00. The molecule has 0 aliphatic carbocycles. The van der Waals surface area contributed by atoms with Gasteiger partial charge >= 0.3 is 0 Å². The first-order chi connectivity index (χ1) is 9.49. The molecule has 0 heterocycles. The van der Waals surface area contributed by atoms with E-state index in [4.69, 9.17) is 16.3 Å². The molecule has 0 amide bonds. The molecular weight excluding hydrogens is 282 g/mol. The van der Waals surface area contributed by atoms with Gasteiger partial charge < -0.3 is 9.84 Å². The smallest absolute Gasteiger partial charge is 0.276 e. The van der Waals surface area contributed by atoms with Crippen LogP contribution in [0.25, 0.3) is 0 Å². The third-order valence-corrected chi connectivity index (χ3v) is 3.11. The zero-order valence-corrected chi connectivity index (χ0v) is 11.4. The Morgan fingerprint density at radius 2 is 2.10 bits per heavy atom. The molecule has 104 valence electrons. The van der Waals surface area contributed by atoms with Gasteiger partial charge in [0.05, 0.1) is 10.5 Å². The van der Waals surface area contributed by atoms with Gasteiger partial charge in [-0.05, 0) is 31.2 Å². The van der Waals surface area contributed by atoms with Gasteiger partial charge in [-0.25, -0.2) is 0 Å². The Kier molecular flexibility index (Phi) is 4.10. The zero-order valence-electron chi connectivity index (χ0n) is 10.7. The van der Waals surface area contributed by atoms with Gasteiger partial charge in [-0.3, -0.25) is 10.1 Å². The zero-order chi connectivity index (χ0) is 14.7. The second-order valence-corrected chi connectivity index (χ2v) is 4.66. The number of nitrogens with zero attached hydrogens (tertiary/aromatic N) is 1. The first-order valence-electron chi connectivity index (χ1n) is 5.83. The minimum atomic E-state index is -0.482. The Bertz CT molecular complexity index is 658. The predicted molar refractivity (Wildman–Crippen MR) is 75.3 cm³/mol. The standard InChI is InChI=1S/C14H12ClNO4/c1-9-13(17)3-2-4-14(9)20-8-10-7-11(15)5-6-12(10)16(18)19/h2-7,17H,8H2,1H3. The van der Waals surface area contributed by atoms with Gasteiger partial charge in [-0.2, -0.15) is 0 Å². The number of halogens is 1. The average molecular weight is 294 g/mol. The van der Waals surface area contributed by atoms with Crippen LogP contribution in [0, 0.1) is 17.0 Å². The fourth-order valence-electron chi connectivity index (χ4n) is 1.76. The van der Waals surface area contributed by atoms with Gasteiger partial charge in [0.25, 0.3) is 5.69 Å².